The van der Waals surface area contributed by atoms with E-state index in [0.29, 0.717) is 15.6 Å². The predicted molar refractivity (Wildman–Crippen MR) is 91.4 cm³/mol. The summed E-state index contributed by atoms with van der Waals surface area (Å²) in [5.41, 5.74) is 0.623. The molecule has 0 N–H and O–H groups in total. The molecule has 4 heteroatoms. The van der Waals surface area contributed by atoms with Gasteiger partial charge in [-0.05, 0) is 31.0 Å². The molecule has 21 heavy (non-hydrogen) atoms. The number of halogens is 2. The van der Waals surface area contributed by atoms with E-state index < -0.39 is 0 Å². The number of carbonyl (C=O) groups is 1. The van der Waals surface area contributed by atoms with Gasteiger partial charge in [0.15, 0.2) is 0 Å². The molecule has 0 unspecified atom stereocenters. The average Bonchev–Trinajstić information content (AvgIpc) is 2.48. The van der Waals surface area contributed by atoms with Gasteiger partial charge in [0.05, 0.1) is 10.0 Å². The van der Waals surface area contributed by atoms with Gasteiger partial charge >= 0.3 is 0 Å². The Morgan fingerprint density at radius 1 is 0.952 bits per heavy atom. The summed E-state index contributed by atoms with van der Waals surface area (Å²) in [6, 6.07) is 5.11. The first-order valence-corrected chi connectivity index (χ1v) is 8.60. The van der Waals surface area contributed by atoms with E-state index in [1.54, 1.807) is 18.2 Å². The maximum Gasteiger partial charge on any atom is 0.253 e. The zero-order valence-electron chi connectivity index (χ0n) is 13.0. The van der Waals surface area contributed by atoms with Gasteiger partial charge in [0.2, 0.25) is 0 Å². The molecular weight excluding hydrogens is 305 g/mol. The van der Waals surface area contributed by atoms with E-state index in [1.165, 1.54) is 0 Å². The van der Waals surface area contributed by atoms with Crippen LogP contribution in [-0.2, 0) is 0 Å². The summed E-state index contributed by atoms with van der Waals surface area (Å²) in [6.45, 7) is 5.97. The summed E-state index contributed by atoms with van der Waals surface area (Å²) in [6.07, 6.45) is 6.72. The Kier molecular flexibility index (Phi) is 8.79. The van der Waals surface area contributed by atoms with Crippen LogP contribution >= 0.6 is 23.2 Å². The van der Waals surface area contributed by atoms with Gasteiger partial charge in [-0.3, -0.25) is 4.79 Å². The number of nitrogens with zero attached hydrogens (tertiary/aromatic N) is 1. The second kappa shape index (κ2) is 10.1. The highest BCUT2D eigenvalue weighted by atomic mass is 35.5. The first-order valence-electron chi connectivity index (χ1n) is 7.84. The molecule has 0 radical (unpaired) electrons. The molecule has 0 aliphatic heterocycles. The van der Waals surface area contributed by atoms with Crippen molar-refractivity contribution in [1.82, 2.24) is 4.90 Å². The fourth-order valence-corrected chi connectivity index (χ4v) is 2.53. The zero-order chi connectivity index (χ0) is 15.7. The van der Waals surface area contributed by atoms with E-state index in [4.69, 9.17) is 23.2 Å². The number of amides is 1. The van der Waals surface area contributed by atoms with Crippen LogP contribution in [0.25, 0.3) is 0 Å². The highest BCUT2D eigenvalue weighted by Gasteiger charge is 2.16. The molecule has 0 aliphatic rings. The van der Waals surface area contributed by atoms with Crippen molar-refractivity contribution in [1.29, 1.82) is 0 Å². The van der Waals surface area contributed by atoms with Gasteiger partial charge < -0.3 is 4.90 Å². The maximum absolute atomic E-state index is 12.6. The Morgan fingerprint density at radius 3 is 2.00 bits per heavy atom. The van der Waals surface area contributed by atoms with Crippen LogP contribution in [0, 0.1) is 0 Å². The minimum atomic E-state index is 0.0563. The molecule has 1 amide bonds. The van der Waals surface area contributed by atoms with Gasteiger partial charge in [-0.15, -0.1) is 0 Å². The van der Waals surface area contributed by atoms with Crippen molar-refractivity contribution in [2.45, 2.75) is 52.4 Å². The Bertz CT molecular complexity index is 438. The third-order valence-corrected chi connectivity index (χ3v) is 4.26. The topological polar surface area (TPSA) is 20.3 Å². The van der Waals surface area contributed by atoms with E-state index in [9.17, 15) is 4.79 Å². The quantitative estimate of drug-likeness (QED) is 0.523. The van der Waals surface area contributed by atoms with E-state index in [2.05, 4.69) is 13.8 Å². The van der Waals surface area contributed by atoms with Gasteiger partial charge in [-0.1, -0.05) is 62.7 Å². The molecule has 0 fully saturated rings. The summed E-state index contributed by atoms with van der Waals surface area (Å²) in [5.74, 6) is 0.0563. The van der Waals surface area contributed by atoms with E-state index in [-0.39, 0.29) is 5.91 Å². The lowest BCUT2D eigenvalue weighted by molar-refractivity contribution is 0.0749. The van der Waals surface area contributed by atoms with Crippen LogP contribution in [0.5, 0.6) is 0 Å². The first kappa shape index (κ1) is 18.3. The molecule has 2 nitrogen and oxygen atoms in total. The van der Waals surface area contributed by atoms with Gasteiger partial charge in [0, 0.05) is 18.7 Å². The summed E-state index contributed by atoms with van der Waals surface area (Å²) < 4.78 is 0. The Labute approximate surface area is 138 Å². The molecule has 0 aromatic heterocycles. The minimum Gasteiger partial charge on any atom is -0.339 e. The van der Waals surface area contributed by atoms with Crippen LogP contribution in [0.4, 0.5) is 0 Å². The summed E-state index contributed by atoms with van der Waals surface area (Å²) in [5, 5.41) is 0.918. The molecule has 118 valence electrons. The summed E-state index contributed by atoms with van der Waals surface area (Å²) >= 11 is 11.9. The van der Waals surface area contributed by atoms with Crippen molar-refractivity contribution in [2.24, 2.45) is 0 Å². The molecule has 0 bridgehead atoms. The van der Waals surface area contributed by atoms with Crippen LogP contribution in [0.3, 0.4) is 0 Å². The predicted octanol–water partition coefficient (Wildman–Crippen LogP) is 5.82. The lowest BCUT2D eigenvalue weighted by Gasteiger charge is -2.23. The molecule has 0 heterocycles. The second-order valence-electron chi connectivity index (χ2n) is 5.34. The minimum absolute atomic E-state index is 0.0563. The molecule has 0 aliphatic carbocycles. The summed E-state index contributed by atoms with van der Waals surface area (Å²) in [7, 11) is 0. The van der Waals surface area contributed by atoms with Crippen LogP contribution < -0.4 is 0 Å². The van der Waals surface area contributed by atoms with E-state index in [0.717, 1.165) is 51.6 Å². The van der Waals surface area contributed by atoms with Gasteiger partial charge in [0.1, 0.15) is 0 Å². The molecule has 0 saturated heterocycles. The highest BCUT2D eigenvalue weighted by Crippen LogP contribution is 2.23. The maximum atomic E-state index is 12.6. The monoisotopic (exact) mass is 329 g/mol. The second-order valence-corrected chi connectivity index (χ2v) is 6.15. The SMILES string of the molecule is CCCCCN(CCCCC)C(=O)c1ccc(Cl)c(Cl)c1. The van der Waals surface area contributed by atoms with Crippen molar-refractivity contribution < 1.29 is 4.79 Å². The zero-order valence-corrected chi connectivity index (χ0v) is 14.5. The molecule has 1 aromatic rings. The fourth-order valence-electron chi connectivity index (χ4n) is 2.23. The van der Waals surface area contributed by atoms with Crippen LogP contribution in [0.1, 0.15) is 62.7 Å². The lowest BCUT2D eigenvalue weighted by atomic mass is 10.1. The smallest absolute Gasteiger partial charge is 0.253 e. The molecule has 0 saturated carbocycles. The standard InChI is InChI=1S/C17H25Cl2NO/c1-3-5-7-11-20(12-8-6-4-2)17(21)14-9-10-15(18)16(19)13-14/h9-10,13H,3-8,11-12H2,1-2H3. The largest absolute Gasteiger partial charge is 0.339 e. The van der Waals surface area contributed by atoms with E-state index >= 15 is 0 Å². The van der Waals surface area contributed by atoms with Crippen molar-refractivity contribution in [3.8, 4) is 0 Å². The van der Waals surface area contributed by atoms with E-state index in [1.807, 2.05) is 4.90 Å². The van der Waals surface area contributed by atoms with Crippen molar-refractivity contribution in [2.75, 3.05) is 13.1 Å². The number of unbranched alkanes of at least 4 members (excludes halogenated alkanes) is 4. The average molecular weight is 330 g/mol. The number of rotatable bonds is 9. The molecule has 0 atom stereocenters. The van der Waals surface area contributed by atoms with Crippen molar-refractivity contribution in [3.05, 3.63) is 33.8 Å². The van der Waals surface area contributed by atoms with Gasteiger partial charge in [-0.25, -0.2) is 0 Å². The Hall–Kier alpha value is -0.730. The third-order valence-electron chi connectivity index (χ3n) is 3.52. The van der Waals surface area contributed by atoms with Crippen LogP contribution in [-0.4, -0.2) is 23.9 Å². The molecular formula is C17H25Cl2NO. The van der Waals surface area contributed by atoms with Gasteiger partial charge in [0.25, 0.3) is 5.91 Å². The fraction of sp³-hybridized carbons (Fsp3) is 0.588. The normalized spacial score (nSPS) is 10.7. The first-order chi connectivity index (χ1) is 10.1. The van der Waals surface area contributed by atoms with Crippen molar-refractivity contribution >= 4 is 29.1 Å². The highest BCUT2D eigenvalue weighted by molar-refractivity contribution is 6.42. The lowest BCUT2D eigenvalue weighted by Crippen LogP contribution is -2.33. The van der Waals surface area contributed by atoms with Crippen LogP contribution in [0.15, 0.2) is 18.2 Å². The third kappa shape index (κ3) is 6.27. The summed E-state index contributed by atoms with van der Waals surface area (Å²) in [4.78, 5) is 14.6. The number of benzene rings is 1. The van der Waals surface area contributed by atoms with Crippen molar-refractivity contribution in [3.63, 3.8) is 0 Å². The van der Waals surface area contributed by atoms with Gasteiger partial charge in [-0.2, -0.15) is 0 Å². The number of hydrogen-bond donors (Lipinski definition) is 0. The molecule has 1 rings (SSSR count). The molecule has 1 aromatic carbocycles. The Balaban J connectivity index is 2.73. The van der Waals surface area contributed by atoms with Crippen LogP contribution in [0.2, 0.25) is 10.0 Å². The number of carbonyl (C=O) groups excluding carboxylic acids is 1. The molecule has 0 spiro atoms. The Morgan fingerprint density at radius 2 is 1.52 bits per heavy atom. The number of hydrogen-bond acceptors (Lipinski definition) is 1.